The lowest BCUT2D eigenvalue weighted by Crippen LogP contribution is -2.49. The number of hydrogen-bond donors (Lipinski definition) is 1. The Hall–Kier alpha value is -4.67. The van der Waals surface area contributed by atoms with Crippen molar-refractivity contribution >= 4 is 64.3 Å². The van der Waals surface area contributed by atoms with E-state index in [0.717, 1.165) is 16.5 Å². The van der Waals surface area contributed by atoms with Crippen molar-refractivity contribution in [3.05, 3.63) is 93.7 Å². The molecule has 2 aliphatic heterocycles. The Morgan fingerprint density at radius 2 is 1.53 bits per heavy atom. The van der Waals surface area contributed by atoms with Gasteiger partial charge in [-0.3, -0.25) is 24.1 Å². The molecule has 2 heterocycles. The second kappa shape index (κ2) is 12.0. The number of benzene rings is 3. The fraction of sp³-hybridized carbons (Fsp3) is 0.297. The monoisotopic (exact) mass is 704 g/mol. The summed E-state index contributed by atoms with van der Waals surface area (Å²) in [5.41, 5.74) is 0.616. The normalized spacial score (nSPS) is 27.7. The minimum atomic E-state index is -1.31. The van der Waals surface area contributed by atoms with Gasteiger partial charge in [-0.1, -0.05) is 47.0 Å². The lowest BCUT2D eigenvalue weighted by atomic mass is 9.52. The molecule has 1 saturated carbocycles. The maximum absolute atomic E-state index is 14.5. The van der Waals surface area contributed by atoms with Gasteiger partial charge in [0.15, 0.2) is 11.5 Å². The van der Waals surface area contributed by atoms with E-state index in [-0.39, 0.29) is 52.6 Å². The van der Waals surface area contributed by atoms with Crippen molar-refractivity contribution in [2.75, 3.05) is 24.0 Å². The number of halogens is 3. The first-order valence-corrected chi connectivity index (χ1v) is 16.5. The van der Waals surface area contributed by atoms with Crippen LogP contribution in [0.3, 0.4) is 0 Å². The number of hydrogen-bond acceptors (Lipinski definition) is 7. The summed E-state index contributed by atoms with van der Waals surface area (Å²) in [6.07, 6.45) is 5.94. The van der Waals surface area contributed by atoms with Crippen molar-refractivity contribution in [3.8, 4) is 17.2 Å². The van der Waals surface area contributed by atoms with Gasteiger partial charge in [0.1, 0.15) is 5.82 Å². The van der Waals surface area contributed by atoms with Crippen LogP contribution in [0.25, 0.3) is 6.08 Å². The number of phenols is 1. The quantitative estimate of drug-likeness (QED) is 0.221. The van der Waals surface area contributed by atoms with Crippen LogP contribution in [0.4, 0.5) is 15.8 Å². The summed E-state index contributed by atoms with van der Waals surface area (Å²) < 4.78 is 24.8. The van der Waals surface area contributed by atoms with Crippen molar-refractivity contribution < 1.29 is 38.1 Å². The van der Waals surface area contributed by atoms with E-state index >= 15 is 0 Å². The lowest BCUT2D eigenvalue weighted by molar-refractivity contribution is -0.132. The number of nitrogens with zero attached hydrogens (tertiary/aromatic N) is 2. The van der Waals surface area contributed by atoms with E-state index in [1.807, 2.05) is 12.2 Å². The number of anilines is 2. The van der Waals surface area contributed by atoms with E-state index < -0.39 is 52.6 Å². The molecule has 12 heteroatoms. The van der Waals surface area contributed by atoms with Crippen molar-refractivity contribution in [1.82, 2.24) is 0 Å². The van der Waals surface area contributed by atoms with Gasteiger partial charge in [0.05, 0.1) is 53.8 Å². The summed E-state index contributed by atoms with van der Waals surface area (Å²) in [6, 6.07) is 13.4. The summed E-state index contributed by atoms with van der Waals surface area (Å²) in [4.78, 5) is 59.0. The molecule has 3 aromatic carbocycles. The molecule has 0 unspecified atom stereocenters. The van der Waals surface area contributed by atoms with Gasteiger partial charge < -0.3 is 14.6 Å². The van der Waals surface area contributed by atoms with Crippen molar-refractivity contribution in [1.29, 1.82) is 0 Å². The topological polar surface area (TPSA) is 113 Å². The van der Waals surface area contributed by atoms with Gasteiger partial charge in [-0.25, -0.2) is 9.29 Å². The van der Waals surface area contributed by atoms with E-state index in [4.69, 9.17) is 32.7 Å². The summed E-state index contributed by atoms with van der Waals surface area (Å²) in [7, 11) is 2.82. The number of aromatic hydroxyl groups is 1. The minimum Gasteiger partial charge on any atom is -0.502 e. The molecule has 252 valence electrons. The van der Waals surface area contributed by atoms with Gasteiger partial charge in [-0.05, 0) is 85.8 Å². The third-order valence-corrected chi connectivity index (χ3v) is 11.1. The fourth-order valence-electron chi connectivity index (χ4n) is 8.15. The Morgan fingerprint density at radius 1 is 0.878 bits per heavy atom. The second-order valence-corrected chi connectivity index (χ2v) is 13.8. The molecule has 0 bridgehead atoms. The third-order valence-electron chi connectivity index (χ3n) is 10.6. The van der Waals surface area contributed by atoms with Crippen LogP contribution in [-0.2, 0) is 19.2 Å². The number of carbonyl (C=O) groups excluding carboxylic acids is 4. The van der Waals surface area contributed by atoms with Crippen LogP contribution in [0.15, 0.2) is 72.3 Å². The number of fused-ring (bicyclic) bond motifs is 4. The van der Waals surface area contributed by atoms with Crippen LogP contribution < -0.4 is 19.3 Å². The third kappa shape index (κ3) is 4.95. The Kier molecular flexibility index (Phi) is 8.07. The highest BCUT2D eigenvalue weighted by Crippen LogP contribution is 2.61. The predicted molar refractivity (Wildman–Crippen MR) is 181 cm³/mol. The SMILES string of the molecule is COc1cc(C=C[C@H]2C3=CC[C@@H]4C(=O)N(c5ccc(Cl)cc5)C(=O)[C@@H]4[C@@H]3C[C@H]3C(=O)N(c4ccc(F)c(Cl)c4)C(=O)[C@@]23C)cc(OC)c1O. The molecule has 6 atom stereocenters. The van der Waals surface area contributed by atoms with Gasteiger partial charge in [0.25, 0.3) is 0 Å². The zero-order chi connectivity index (χ0) is 34.9. The summed E-state index contributed by atoms with van der Waals surface area (Å²) >= 11 is 12.2. The minimum absolute atomic E-state index is 0.142. The van der Waals surface area contributed by atoms with Crippen LogP contribution in [0.1, 0.15) is 25.3 Å². The number of ether oxygens (including phenoxy) is 2. The van der Waals surface area contributed by atoms with Gasteiger partial charge in [0.2, 0.25) is 29.4 Å². The smallest absolute Gasteiger partial charge is 0.241 e. The molecule has 0 spiro atoms. The van der Waals surface area contributed by atoms with Gasteiger partial charge in [-0.15, -0.1) is 0 Å². The van der Waals surface area contributed by atoms with E-state index in [9.17, 15) is 28.7 Å². The van der Waals surface area contributed by atoms with Gasteiger partial charge in [0, 0.05) is 10.9 Å². The number of carbonyl (C=O) groups is 4. The second-order valence-electron chi connectivity index (χ2n) is 12.9. The standard InChI is InChI=1S/C37H31Cl2FN2O7/c1-37-25(12-4-18-14-29(48-2)32(43)30(15-18)49-3)22-10-11-23-31(35(46)41(33(23)44)20-7-5-19(38)6-8-20)24(22)17-26(37)34(45)42(36(37)47)21-9-13-28(40)27(39)16-21/h4-10,12-16,23-26,31,43H,11,17H2,1-3H3/t23-,24+,25-,26-,31-,37-/m0/s1. The summed E-state index contributed by atoms with van der Waals surface area (Å²) in [5.74, 6) is -5.68. The Labute approximate surface area is 291 Å². The fourth-order valence-corrected chi connectivity index (χ4v) is 8.45. The predicted octanol–water partition coefficient (Wildman–Crippen LogP) is 6.84. The van der Waals surface area contributed by atoms with Crippen molar-refractivity contribution in [3.63, 3.8) is 0 Å². The van der Waals surface area contributed by atoms with Crippen LogP contribution in [0.2, 0.25) is 10.0 Å². The first-order valence-electron chi connectivity index (χ1n) is 15.7. The zero-order valence-corrected chi connectivity index (χ0v) is 28.2. The van der Waals surface area contributed by atoms with Crippen LogP contribution in [0, 0.1) is 40.8 Å². The Balaban J connectivity index is 1.34. The number of allylic oxidation sites excluding steroid dienone is 3. The Bertz CT molecular complexity index is 1970. The molecule has 49 heavy (non-hydrogen) atoms. The van der Waals surface area contributed by atoms with Crippen LogP contribution in [0.5, 0.6) is 17.2 Å². The molecule has 4 aliphatic rings. The molecule has 7 rings (SSSR count). The first kappa shape index (κ1) is 32.9. The number of amides is 4. The zero-order valence-electron chi connectivity index (χ0n) is 26.7. The van der Waals surface area contributed by atoms with E-state index in [1.54, 1.807) is 49.4 Å². The van der Waals surface area contributed by atoms with E-state index in [0.29, 0.717) is 16.3 Å². The van der Waals surface area contributed by atoms with E-state index in [2.05, 4.69) is 0 Å². The molecule has 3 aromatic rings. The molecule has 4 amide bonds. The average Bonchev–Trinajstić information content (AvgIpc) is 3.46. The number of phenolic OH excluding ortho intramolecular Hbond substituents is 1. The average molecular weight is 706 g/mol. The van der Waals surface area contributed by atoms with Gasteiger partial charge >= 0.3 is 0 Å². The molecule has 3 fully saturated rings. The molecule has 9 nitrogen and oxygen atoms in total. The Morgan fingerprint density at radius 3 is 2.16 bits per heavy atom. The molecule has 1 N–H and O–H groups in total. The van der Waals surface area contributed by atoms with E-state index in [1.165, 1.54) is 31.3 Å². The molecular formula is C37H31Cl2FN2O7. The first-order chi connectivity index (χ1) is 23.4. The van der Waals surface area contributed by atoms with Gasteiger partial charge in [-0.2, -0.15) is 0 Å². The number of rotatable bonds is 6. The highest BCUT2D eigenvalue weighted by molar-refractivity contribution is 6.32. The highest BCUT2D eigenvalue weighted by Gasteiger charge is 2.67. The molecule has 2 saturated heterocycles. The van der Waals surface area contributed by atoms with Crippen molar-refractivity contribution in [2.24, 2.45) is 35.0 Å². The largest absolute Gasteiger partial charge is 0.502 e. The number of imide groups is 2. The lowest BCUT2D eigenvalue weighted by Gasteiger charge is -2.47. The summed E-state index contributed by atoms with van der Waals surface area (Å²) in [6.45, 7) is 1.74. The van der Waals surface area contributed by atoms with Crippen LogP contribution in [-0.4, -0.2) is 43.0 Å². The maximum atomic E-state index is 14.5. The molecule has 0 radical (unpaired) electrons. The van der Waals surface area contributed by atoms with Crippen LogP contribution >= 0.6 is 23.2 Å². The maximum Gasteiger partial charge on any atom is 0.241 e. The summed E-state index contributed by atoms with van der Waals surface area (Å²) in [5, 5.41) is 10.7. The molecular weight excluding hydrogens is 674 g/mol. The number of methoxy groups -OCH3 is 2. The highest BCUT2D eigenvalue weighted by atomic mass is 35.5. The molecule has 2 aliphatic carbocycles. The van der Waals surface area contributed by atoms with Crippen molar-refractivity contribution in [2.45, 2.75) is 19.8 Å². The molecule has 0 aromatic heterocycles.